The molecule has 5 rings (SSSR count). The van der Waals surface area contributed by atoms with E-state index in [1.54, 1.807) is 0 Å². The maximum atomic E-state index is 11.7. The quantitative estimate of drug-likeness (QED) is 0.419. The highest BCUT2D eigenvalue weighted by Crippen LogP contribution is 2.48. The smallest absolute Gasteiger partial charge is 0.130 e. The molecule has 1 atom stereocenters. The van der Waals surface area contributed by atoms with Crippen molar-refractivity contribution in [2.75, 3.05) is 0 Å². The van der Waals surface area contributed by atoms with E-state index in [4.69, 9.17) is 4.74 Å². The van der Waals surface area contributed by atoms with Gasteiger partial charge in [0.2, 0.25) is 0 Å². The maximum Gasteiger partial charge on any atom is 0.130 e. The largest absolute Gasteiger partial charge is 0.488 e. The Kier molecular flexibility index (Phi) is 8.00. The molecule has 0 bridgehead atoms. The number of aliphatic hydroxyl groups is 1. The van der Waals surface area contributed by atoms with E-state index in [1.807, 2.05) is 0 Å². The van der Waals surface area contributed by atoms with Crippen LogP contribution in [-0.2, 0) is 12.0 Å². The standard InChI is InChI=1S/C36H46O2/c1-26-20-29(33(37)31(22-26)35(3)16-10-6-11-17-35)24-30-21-27(2)23-32(36(4)18-12-7-13-19-36)34(30)38-25-28-14-8-5-9-15-28/h5,8-9,14-15,20-24,33,37H,6-7,10-13,16-19,25H2,1-4H3/b29-24-. The van der Waals surface area contributed by atoms with Crippen LogP contribution in [0.2, 0.25) is 0 Å². The summed E-state index contributed by atoms with van der Waals surface area (Å²) in [6.45, 7) is 9.71. The molecule has 0 spiro atoms. The number of hydrogen-bond donors (Lipinski definition) is 1. The van der Waals surface area contributed by atoms with Gasteiger partial charge in [0.1, 0.15) is 18.5 Å². The van der Waals surface area contributed by atoms with Crippen molar-refractivity contribution in [3.8, 4) is 5.75 Å². The highest BCUT2D eigenvalue weighted by molar-refractivity contribution is 5.69. The first-order valence-electron chi connectivity index (χ1n) is 14.9. The van der Waals surface area contributed by atoms with Crippen LogP contribution in [0.25, 0.3) is 6.08 Å². The third-order valence-electron chi connectivity index (χ3n) is 9.46. The van der Waals surface area contributed by atoms with E-state index in [0.29, 0.717) is 6.61 Å². The Labute approximate surface area is 230 Å². The van der Waals surface area contributed by atoms with Gasteiger partial charge in [-0.05, 0) is 84.8 Å². The molecule has 0 saturated heterocycles. The maximum absolute atomic E-state index is 11.7. The van der Waals surface area contributed by atoms with Crippen molar-refractivity contribution in [2.45, 2.75) is 110 Å². The molecule has 0 aromatic heterocycles. The minimum absolute atomic E-state index is 0.0756. The molecule has 2 heteroatoms. The van der Waals surface area contributed by atoms with Crippen LogP contribution in [0.1, 0.15) is 107 Å². The fourth-order valence-electron chi connectivity index (χ4n) is 7.16. The van der Waals surface area contributed by atoms with Crippen LogP contribution in [0, 0.1) is 12.3 Å². The zero-order chi connectivity index (χ0) is 26.8. The summed E-state index contributed by atoms with van der Waals surface area (Å²) < 4.78 is 6.73. The van der Waals surface area contributed by atoms with Crippen LogP contribution < -0.4 is 4.74 Å². The zero-order valence-corrected chi connectivity index (χ0v) is 24.0. The van der Waals surface area contributed by atoms with E-state index >= 15 is 0 Å². The normalized spacial score (nSPS) is 24.0. The molecule has 1 unspecified atom stereocenters. The molecule has 2 aromatic carbocycles. The number of ether oxygens (including phenoxy) is 1. The molecule has 0 radical (unpaired) electrons. The topological polar surface area (TPSA) is 29.5 Å². The lowest BCUT2D eigenvalue weighted by molar-refractivity contribution is 0.178. The summed E-state index contributed by atoms with van der Waals surface area (Å²) >= 11 is 0. The van der Waals surface area contributed by atoms with Crippen molar-refractivity contribution >= 4 is 6.08 Å². The van der Waals surface area contributed by atoms with Crippen LogP contribution in [-0.4, -0.2) is 11.2 Å². The van der Waals surface area contributed by atoms with Crippen LogP contribution in [0.3, 0.4) is 0 Å². The summed E-state index contributed by atoms with van der Waals surface area (Å²) in [5, 5.41) is 11.7. The summed E-state index contributed by atoms with van der Waals surface area (Å²) in [7, 11) is 0. The average Bonchev–Trinajstić information content (AvgIpc) is 2.91. The molecule has 2 nitrogen and oxygen atoms in total. The van der Waals surface area contributed by atoms with Crippen molar-refractivity contribution in [3.63, 3.8) is 0 Å². The number of benzene rings is 2. The van der Waals surface area contributed by atoms with E-state index in [0.717, 1.165) is 29.7 Å². The molecule has 0 heterocycles. The Hall–Kier alpha value is -2.58. The number of allylic oxidation sites excluding steroid dienone is 2. The number of rotatable bonds is 6. The number of aryl methyl sites for hydroxylation is 1. The third-order valence-corrected chi connectivity index (χ3v) is 9.46. The minimum Gasteiger partial charge on any atom is -0.488 e. The Bertz CT molecular complexity index is 1220. The molecule has 2 aromatic rings. The second-order valence-corrected chi connectivity index (χ2v) is 12.8. The second-order valence-electron chi connectivity index (χ2n) is 12.8. The highest BCUT2D eigenvalue weighted by atomic mass is 16.5. The van der Waals surface area contributed by atoms with Gasteiger partial charge in [0.15, 0.2) is 0 Å². The minimum atomic E-state index is -0.571. The molecular formula is C36H46O2. The van der Waals surface area contributed by atoms with Gasteiger partial charge in [-0.1, -0.05) is 106 Å². The molecule has 38 heavy (non-hydrogen) atoms. The Morgan fingerprint density at radius 3 is 2.13 bits per heavy atom. The van der Waals surface area contributed by atoms with Crippen molar-refractivity contribution in [3.05, 3.63) is 93.6 Å². The summed E-state index contributed by atoms with van der Waals surface area (Å²) in [6, 6.07) is 15.1. The summed E-state index contributed by atoms with van der Waals surface area (Å²) in [4.78, 5) is 0. The first-order chi connectivity index (χ1) is 18.3. The first kappa shape index (κ1) is 27.0. The highest BCUT2D eigenvalue weighted by Gasteiger charge is 2.37. The monoisotopic (exact) mass is 510 g/mol. The molecule has 2 fully saturated rings. The first-order valence-corrected chi connectivity index (χ1v) is 14.9. The van der Waals surface area contributed by atoms with Gasteiger partial charge in [-0.25, -0.2) is 0 Å². The Morgan fingerprint density at radius 2 is 1.47 bits per heavy atom. The Balaban J connectivity index is 1.57. The van der Waals surface area contributed by atoms with Gasteiger partial charge in [-0.2, -0.15) is 0 Å². The predicted octanol–water partition coefficient (Wildman–Crippen LogP) is 9.40. The predicted molar refractivity (Wildman–Crippen MR) is 159 cm³/mol. The number of hydrogen-bond acceptors (Lipinski definition) is 2. The van der Waals surface area contributed by atoms with Crippen LogP contribution >= 0.6 is 0 Å². The van der Waals surface area contributed by atoms with Crippen LogP contribution in [0.15, 0.2) is 71.3 Å². The molecular weight excluding hydrogens is 464 g/mol. The molecule has 1 N–H and O–H groups in total. The lowest BCUT2D eigenvalue weighted by Gasteiger charge is -2.40. The summed E-state index contributed by atoms with van der Waals surface area (Å²) in [5.41, 5.74) is 8.46. The van der Waals surface area contributed by atoms with Crippen LogP contribution in [0.4, 0.5) is 0 Å². The van der Waals surface area contributed by atoms with Gasteiger partial charge in [0.25, 0.3) is 0 Å². The van der Waals surface area contributed by atoms with Crippen molar-refractivity contribution in [1.82, 2.24) is 0 Å². The van der Waals surface area contributed by atoms with E-state index in [2.05, 4.69) is 88.4 Å². The van der Waals surface area contributed by atoms with Crippen molar-refractivity contribution in [1.29, 1.82) is 0 Å². The van der Waals surface area contributed by atoms with Crippen LogP contribution in [0.5, 0.6) is 5.75 Å². The lowest BCUT2D eigenvalue weighted by Crippen LogP contribution is -2.32. The molecule has 3 aliphatic rings. The van der Waals surface area contributed by atoms with E-state index < -0.39 is 6.10 Å². The second kappa shape index (κ2) is 11.3. The Morgan fingerprint density at radius 1 is 0.842 bits per heavy atom. The van der Waals surface area contributed by atoms with E-state index in [9.17, 15) is 5.11 Å². The SMILES string of the molecule is CC1=C/C(=C/c2cc(C)cc(C3(C)CCCCC3)c2OCc2ccccc2)C(O)C(C2(C)CCCCC2)=C1. The van der Waals surface area contributed by atoms with Gasteiger partial charge in [-0.15, -0.1) is 0 Å². The number of aliphatic hydroxyl groups excluding tert-OH is 1. The molecule has 2 saturated carbocycles. The molecule has 3 aliphatic carbocycles. The summed E-state index contributed by atoms with van der Waals surface area (Å²) in [5.74, 6) is 0.995. The van der Waals surface area contributed by atoms with E-state index in [1.165, 1.54) is 79.2 Å². The fraction of sp³-hybridized carbons (Fsp3) is 0.500. The van der Waals surface area contributed by atoms with Gasteiger partial charge in [0.05, 0.1) is 0 Å². The van der Waals surface area contributed by atoms with E-state index in [-0.39, 0.29) is 10.8 Å². The molecule has 202 valence electrons. The zero-order valence-electron chi connectivity index (χ0n) is 24.0. The molecule has 0 aliphatic heterocycles. The van der Waals surface area contributed by atoms with Gasteiger partial charge >= 0.3 is 0 Å². The van der Waals surface area contributed by atoms with Gasteiger partial charge in [-0.3, -0.25) is 0 Å². The van der Waals surface area contributed by atoms with Crippen molar-refractivity contribution in [2.24, 2.45) is 5.41 Å². The molecule has 0 amide bonds. The average molecular weight is 511 g/mol. The summed E-state index contributed by atoms with van der Waals surface area (Å²) in [6.07, 6.45) is 18.5. The lowest BCUT2D eigenvalue weighted by atomic mass is 9.66. The van der Waals surface area contributed by atoms with Gasteiger partial charge < -0.3 is 9.84 Å². The van der Waals surface area contributed by atoms with Crippen molar-refractivity contribution < 1.29 is 9.84 Å². The fourth-order valence-corrected chi connectivity index (χ4v) is 7.16. The van der Waals surface area contributed by atoms with Gasteiger partial charge in [0, 0.05) is 11.1 Å². The third kappa shape index (κ3) is 5.71.